The summed E-state index contributed by atoms with van der Waals surface area (Å²) in [5, 5.41) is 4.06. The minimum atomic E-state index is 0.648. The van der Waals surface area contributed by atoms with E-state index in [-0.39, 0.29) is 0 Å². The molecule has 0 radical (unpaired) electrons. The lowest BCUT2D eigenvalue weighted by molar-refractivity contribution is 0.556. The lowest BCUT2D eigenvalue weighted by Crippen LogP contribution is -2.34. The Morgan fingerprint density at radius 2 is 2.16 bits per heavy atom. The Balaban J connectivity index is 2.23. The van der Waals surface area contributed by atoms with E-state index in [0.29, 0.717) is 6.04 Å². The quantitative estimate of drug-likeness (QED) is 0.888. The van der Waals surface area contributed by atoms with Crippen molar-refractivity contribution >= 4 is 17.3 Å². The maximum atomic E-state index is 6.50. The van der Waals surface area contributed by atoms with Crippen LogP contribution >= 0.6 is 11.6 Å². The van der Waals surface area contributed by atoms with E-state index in [1.165, 1.54) is 43.4 Å². The molecule has 1 atom stereocenters. The summed E-state index contributed by atoms with van der Waals surface area (Å²) in [6.45, 7) is 4.30. The second-order valence-electron chi connectivity index (χ2n) is 5.42. The van der Waals surface area contributed by atoms with Gasteiger partial charge in [-0.15, -0.1) is 0 Å². The van der Waals surface area contributed by atoms with E-state index in [0.717, 1.165) is 18.1 Å². The molecule has 1 heterocycles. The zero-order valence-corrected chi connectivity index (χ0v) is 12.8. The SMILES string of the molecule is CCC1CCCCCN1c1ccc(CNC)cc1Cl. The third-order valence-corrected chi connectivity index (χ3v) is 4.35. The number of rotatable bonds is 4. The van der Waals surface area contributed by atoms with Crippen LogP contribution in [0.4, 0.5) is 5.69 Å². The first-order chi connectivity index (χ1) is 9.26. The van der Waals surface area contributed by atoms with Crippen molar-refractivity contribution in [3.05, 3.63) is 28.8 Å². The Morgan fingerprint density at radius 1 is 1.32 bits per heavy atom. The van der Waals surface area contributed by atoms with Crippen LogP contribution in [0.2, 0.25) is 5.02 Å². The third kappa shape index (κ3) is 3.64. The molecule has 1 unspecified atom stereocenters. The number of nitrogens with one attached hydrogen (secondary N) is 1. The predicted molar refractivity (Wildman–Crippen MR) is 84.1 cm³/mol. The molecular weight excluding hydrogens is 256 g/mol. The molecule has 0 amide bonds. The second-order valence-corrected chi connectivity index (χ2v) is 5.83. The molecule has 106 valence electrons. The Bertz CT molecular complexity index is 406. The van der Waals surface area contributed by atoms with Gasteiger partial charge in [0.2, 0.25) is 0 Å². The number of benzene rings is 1. The first-order valence-electron chi connectivity index (χ1n) is 7.46. The molecule has 1 N–H and O–H groups in total. The van der Waals surface area contributed by atoms with Crippen LogP contribution in [-0.2, 0) is 6.54 Å². The van der Waals surface area contributed by atoms with Crippen molar-refractivity contribution < 1.29 is 0 Å². The van der Waals surface area contributed by atoms with Crippen LogP contribution < -0.4 is 10.2 Å². The van der Waals surface area contributed by atoms with E-state index in [4.69, 9.17) is 11.6 Å². The molecule has 0 aliphatic carbocycles. The van der Waals surface area contributed by atoms with E-state index < -0.39 is 0 Å². The summed E-state index contributed by atoms with van der Waals surface area (Å²) < 4.78 is 0. The Hall–Kier alpha value is -0.730. The predicted octanol–water partition coefficient (Wildman–Crippen LogP) is 4.22. The molecule has 0 saturated carbocycles. The van der Waals surface area contributed by atoms with Gasteiger partial charge in [0.15, 0.2) is 0 Å². The normalized spacial score (nSPS) is 20.4. The van der Waals surface area contributed by atoms with Crippen LogP contribution in [0, 0.1) is 0 Å². The first kappa shape index (κ1) is 14.7. The van der Waals surface area contributed by atoms with Gasteiger partial charge in [0.1, 0.15) is 0 Å². The van der Waals surface area contributed by atoms with Crippen molar-refractivity contribution in [2.75, 3.05) is 18.5 Å². The van der Waals surface area contributed by atoms with Gasteiger partial charge in [-0.05, 0) is 44.0 Å². The first-order valence-corrected chi connectivity index (χ1v) is 7.83. The molecule has 0 spiro atoms. The molecule has 19 heavy (non-hydrogen) atoms. The number of halogens is 1. The third-order valence-electron chi connectivity index (χ3n) is 4.05. The van der Waals surface area contributed by atoms with E-state index >= 15 is 0 Å². The van der Waals surface area contributed by atoms with E-state index in [1.807, 2.05) is 7.05 Å². The zero-order chi connectivity index (χ0) is 13.7. The maximum Gasteiger partial charge on any atom is 0.0642 e. The molecule has 1 aromatic rings. The monoisotopic (exact) mass is 280 g/mol. The van der Waals surface area contributed by atoms with Crippen LogP contribution in [0.3, 0.4) is 0 Å². The molecule has 0 aromatic heterocycles. The average molecular weight is 281 g/mol. The minimum Gasteiger partial charge on any atom is -0.367 e. The van der Waals surface area contributed by atoms with Crippen molar-refractivity contribution in [3.63, 3.8) is 0 Å². The van der Waals surface area contributed by atoms with Gasteiger partial charge in [-0.2, -0.15) is 0 Å². The highest BCUT2D eigenvalue weighted by Crippen LogP contribution is 2.32. The van der Waals surface area contributed by atoms with Gasteiger partial charge in [-0.1, -0.05) is 37.4 Å². The summed E-state index contributed by atoms with van der Waals surface area (Å²) in [5.74, 6) is 0. The molecule has 1 aromatic carbocycles. The largest absolute Gasteiger partial charge is 0.367 e. The van der Waals surface area contributed by atoms with E-state index in [1.54, 1.807) is 0 Å². The lowest BCUT2D eigenvalue weighted by Gasteiger charge is -2.32. The molecule has 3 heteroatoms. The number of hydrogen-bond donors (Lipinski definition) is 1. The van der Waals surface area contributed by atoms with Gasteiger partial charge in [-0.25, -0.2) is 0 Å². The number of nitrogens with zero attached hydrogens (tertiary/aromatic N) is 1. The van der Waals surface area contributed by atoms with Gasteiger partial charge < -0.3 is 10.2 Å². The molecule has 1 aliphatic rings. The van der Waals surface area contributed by atoms with Crippen LogP contribution in [-0.4, -0.2) is 19.6 Å². The van der Waals surface area contributed by atoms with Crippen LogP contribution in [0.25, 0.3) is 0 Å². The molecule has 0 bridgehead atoms. The van der Waals surface area contributed by atoms with Gasteiger partial charge in [0, 0.05) is 19.1 Å². The number of hydrogen-bond acceptors (Lipinski definition) is 2. The molecular formula is C16H25ClN2. The fraction of sp³-hybridized carbons (Fsp3) is 0.625. The molecule has 1 aliphatic heterocycles. The van der Waals surface area contributed by atoms with Crippen LogP contribution in [0.15, 0.2) is 18.2 Å². The van der Waals surface area contributed by atoms with Crippen molar-refractivity contribution in [1.82, 2.24) is 5.32 Å². The van der Waals surface area contributed by atoms with Gasteiger partial charge in [0.25, 0.3) is 0 Å². The highest BCUT2D eigenvalue weighted by molar-refractivity contribution is 6.33. The summed E-state index contributed by atoms with van der Waals surface area (Å²) in [5.41, 5.74) is 2.47. The Labute approximate surface area is 122 Å². The van der Waals surface area contributed by atoms with Gasteiger partial charge in [-0.3, -0.25) is 0 Å². The van der Waals surface area contributed by atoms with E-state index in [9.17, 15) is 0 Å². The van der Waals surface area contributed by atoms with Crippen LogP contribution in [0.1, 0.15) is 44.6 Å². The number of anilines is 1. The summed E-state index contributed by atoms with van der Waals surface area (Å²) in [4.78, 5) is 2.53. The standard InChI is InChI=1S/C16H25ClN2/c1-3-14-7-5-4-6-10-19(14)16-9-8-13(12-18-2)11-15(16)17/h8-9,11,14,18H,3-7,10,12H2,1-2H3. The van der Waals surface area contributed by atoms with Gasteiger partial charge in [0.05, 0.1) is 10.7 Å². The van der Waals surface area contributed by atoms with Crippen molar-refractivity contribution in [2.45, 2.75) is 51.6 Å². The van der Waals surface area contributed by atoms with E-state index in [2.05, 4.69) is 35.3 Å². The van der Waals surface area contributed by atoms with Gasteiger partial charge >= 0.3 is 0 Å². The van der Waals surface area contributed by atoms with Crippen molar-refractivity contribution in [2.24, 2.45) is 0 Å². The second kappa shape index (κ2) is 7.16. The average Bonchev–Trinajstić information content (AvgIpc) is 2.64. The lowest BCUT2D eigenvalue weighted by atomic mass is 10.1. The highest BCUT2D eigenvalue weighted by atomic mass is 35.5. The summed E-state index contributed by atoms with van der Waals surface area (Å²) in [7, 11) is 1.96. The Kier molecular flexibility index (Phi) is 5.53. The Morgan fingerprint density at radius 3 is 2.84 bits per heavy atom. The fourth-order valence-corrected chi connectivity index (χ4v) is 3.33. The molecule has 2 nitrogen and oxygen atoms in total. The summed E-state index contributed by atoms with van der Waals surface area (Å²) in [6, 6.07) is 7.14. The summed E-state index contributed by atoms with van der Waals surface area (Å²) >= 11 is 6.50. The molecule has 1 saturated heterocycles. The minimum absolute atomic E-state index is 0.648. The topological polar surface area (TPSA) is 15.3 Å². The van der Waals surface area contributed by atoms with Crippen LogP contribution in [0.5, 0.6) is 0 Å². The fourth-order valence-electron chi connectivity index (χ4n) is 3.02. The highest BCUT2D eigenvalue weighted by Gasteiger charge is 2.21. The smallest absolute Gasteiger partial charge is 0.0642 e. The molecule has 2 rings (SSSR count). The zero-order valence-electron chi connectivity index (χ0n) is 12.1. The summed E-state index contributed by atoms with van der Waals surface area (Å²) in [6.07, 6.45) is 6.48. The van der Waals surface area contributed by atoms with Crippen molar-refractivity contribution in [1.29, 1.82) is 0 Å². The molecule has 1 fully saturated rings. The maximum absolute atomic E-state index is 6.50. The van der Waals surface area contributed by atoms with Crippen molar-refractivity contribution in [3.8, 4) is 0 Å².